The number of hydrogen-bond donors (Lipinski definition) is 1. The number of rotatable bonds is 4. The fraction of sp³-hybridized carbons (Fsp3) is 0.533. The van der Waals surface area contributed by atoms with E-state index in [1.54, 1.807) is 12.1 Å². The summed E-state index contributed by atoms with van der Waals surface area (Å²) in [5.74, 6) is -0.135. The van der Waals surface area contributed by atoms with Crippen molar-refractivity contribution in [2.45, 2.75) is 51.9 Å². The zero-order valence-corrected chi connectivity index (χ0v) is 11.7. The molecule has 1 heterocycles. The smallest absolute Gasteiger partial charge is 0.241 e. The molecular formula is C15H21FN2O. The summed E-state index contributed by atoms with van der Waals surface area (Å²) in [6.07, 6.45) is 1.86. The van der Waals surface area contributed by atoms with E-state index in [-0.39, 0.29) is 30.0 Å². The van der Waals surface area contributed by atoms with E-state index in [9.17, 15) is 9.18 Å². The van der Waals surface area contributed by atoms with Crippen LogP contribution in [0.4, 0.5) is 4.39 Å². The molecule has 1 fully saturated rings. The lowest BCUT2D eigenvalue weighted by Crippen LogP contribution is -2.38. The molecule has 0 saturated carbocycles. The standard InChI is InChI=1S/C15H21FN2O/c1-4-5-10(2)18-14(17-11(3)15(18)19)12-6-8-13(16)9-7-12/h6-11,14,17H,4-5H2,1-3H3. The van der Waals surface area contributed by atoms with E-state index < -0.39 is 0 Å². The molecule has 0 aliphatic carbocycles. The van der Waals surface area contributed by atoms with Crippen molar-refractivity contribution in [2.75, 3.05) is 0 Å². The number of halogens is 1. The lowest BCUT2D eigenvalue weighted by atomic mass is 10.1. The minimum atomic E-state index is -0.255. The van der Waals surface area contributed by atoms with Crippen LogP contribution in [-0.2, 0) is 4.79 Å². The van der Waals surface area contributed by atoms with Gasteiger partial charge in [0.25, 0.3) is 0 Å². The maximum Gasteiger partial charge on any atom is 0.241 e. The third kappa shape index (κ3) is 2.78. The third-order valence-electron chi connectivity index (χ3n) is 3.68. The maximum absolute atomic E-state index is 13.0. The van der Waals surface area contributed by atoms with Crippen molar-refractivity contribution in [3.05, 3.63) is 35.6 Å². The van der Waals surface area contributed by atoms with Gasteiger partial charge >= 0.3 is 0 Å². The average molecular weight is 264 g/mol. The Morgan fingerprint density at radius 2 is 2.00 bits per heavy atom. The molecule has 4 heteroatoms. The topological polar surface area (TPSA) is 32.3 Å². The van der Waals surface area contributed by atoms with Crippen LogP contribution in [0, 0.1) is 5.82 Å². The second-order valence-electron chi connectivity index (χ2n) is 5.23. The van der Waals surface area contributed by atoms with Gasteiger partial charge in [0, 0.05) is 6.04 Å². The molecule has 0 spiro atoms. The second kappa shape index (κ2) is 5.70. The molecule has 3 unspecified atom stereocenters. The number of carbonyl (C=O) groups excluding carboxylic acids is 1. The Morgan fingerprint density at radius 3 is 2.58 bits per heavy atom. The van der Waals surface area contributed by atoms with Crippen LogP contribution >= 0.6 is 0 Å². The highest BCUT2D eigenvalue weighted by molar-refractivity contribution is 5.84. The predicted molar refractivity (Wildman–Crippen MR) is 73.0 cm³/mol. The Hall–Kier alpha value is -1.42. The summed E-state index contributed by atoms with van der Waals surface area (Å²) in [4.78, 5) is 14.2. The fourth-order valence-corrected chi connectivity index (χ4v) is 2.67. The van der Waals surface area contributed by atoms with Crippen LogP contribution in [0.5, 0.6) is 0 Å². The SMILES string of the molecule is CCCC(C)N1C(=O)C(C)NC1c1ccc(F)cc1. The quantitative estimate of drug-likeness (QED) is 0.907. The van der Waals surface area contributed by atoms with Crippen molar-refractivity contribution in [1.82, 2.24) is 10.2 Å². The van der Waals surface area contributed by atoms with Gasteiger partial charge in [-0.3, -0.25) is 10.1 Å². The minimum Gasteiger partial charge on any atom is -0.319 e. The van der Waals surface area contributed by atoms with Crippen molar-refractivity contribution >= 4 is 5.91 Å². The Bertz CT molecular complexity index is 446. The van der Waals surface area contributed by atoms with Gasteiger partial charge in [-0.1, -0.05) is 25.5 Å². The summed E-state index contributed by atoms with van der Waals surface area (Å²) in [6.45, 7) is 6.05. The summed E-state index contributed by atoms with van der Waals surface area (Å²) < 4.78 is 13.0. The zero-order chi connectivity index (χ0) is 14.0. The van der Waals surface area contributed by atoms with Crippen LogP contribution in [0.2, 0.25) is 0 Å². The van der Waals surface area contributed by atoms with Crippen LogP contribution in [-0.4, -0.2) is 22.9 Å². The Balaban J connectivity index is 2.26. The minimum absolute atomic E-state index is 0.121. The predicted octanol–water partition coefficient (Wildman–Crippen LogP) is 2.83. The lowest BCUT2D eigenvalue weighted by Gasteiger charge is -2.30. The summed E-state index contributed by atoms with van der Waals surface area (Å²) in [7, 11) is 0. The molecule has 1 aliphatic rings. The van der Waals surface area contributed by atoms with Gasteiger partial charge in [-0.05, 0) is 38.0 Å². The summed E-state index contributed by atoms with van der Waals surface area (Å²) in [5.41, 5.74) is 0.932. The first-order valence-electron chi connectivity index (χ1n) is 6.88. The number of amides is 1. The Morgan fingerprint density at radius 1 is 1.37 bits per heavy atom. The van der Waals surface area contributed by atoms with E-state index in [0.717, 1.165) is 18.4 Å². The molecule has 3 atom stereocenters. The maximum atomic E-state index is 13.0. The van der Waals surface area contributed by atoms with Gasteiger partial charge in [0.2, 0.25) is 5.91 Å². The number of benzene rings is 1. The normalized spacial score (nSPS) is 24.8. The molecule has 1 aliphatic heterocycles. The molecule has 104 valence electrons. The van der Waals surface area contributed by atoms with Gasteiger partial charge in [0.1, 0.15) is 12.0 Å². The highest BCUT2D eigenvalue weighted by Gasteiger charge is 2.39. The van der Waals surface area contributed by atoms with Crippen molar-refractivity contribution in [2.24, 2.45) is 0 Å². The first-order chi connectivity index (χ1) is 9.04. The molecule has 1 saturated heterocycles. The molecule has 0 bridgehead atoms. The molecule has 1 aromatic carbocycles. The Kier molecular flexibility index (Phi) is 4.20. The monoisotopic (exact) mass is 264 g/mol. The zero-order valence-electron chi connectivity index (χ0n) is 11.7. The van der Waals surface area contributed by atoms with Gasteiger partial charge in [-0.15, -0.1) is 0 Å². The van der Waals surface area contributed by atoms with Crippen LogP contribution in [0.25, 0.3) is 0 Å². The molecule has 1 amide bonds. The average Bonchev–Trinajstić information content (AvgIpc) is 2.67. The number of carbonyl (C=O) groups is 1. The largest absolute Gasteiger partial charge is 0.319 e. The van der Waals surface area contributed by atoms with E-state index in [4.69, 9.17) is 0 Å². The van der Waals surface area contributed by atoms with E-state index in [0.29, 0.717) is 0 Å². The summed E-state index contributed by atoms with van der Waals surface area (Å²) in [6, 6.07) is 6.35. The van der Waals surface area contributed by atoms with Crippen molar-refractivity contribution in [3.8, 4) is 0 Å². The highest BCUT2D eigenvalue weighted by Crippen LogP contribution is 2.28. The molecule has 0 radical (unpaired) electrons. The van der Waals surface area contributed by atoms with Crippen LogP contribution in [0.1, 0.15) is 45.3 Å². The van der Waals surface area contributed by atoms with Crippen molar-refractivity contribution in [3.63, 3.8) is 0 Å². The molecule has 0 aromatic heterocycles. The van der Waals surface area contributed by atoms with Crippen molar-refractivity contribution in [1.29, 1.82) is 0 Å². The Labute approximate surface area is 113 Å². The fourth-order valence-electron chi connectivity index (χ4n) is 2.67. The van der Waals surface area contributed by atoms with E-state index in [1.165, 1.54) is 12.1 Å². The number of nitrogens with one attached hydrogen (secondary N) is 1. The summed E-state index contributed by atoms with van der Waals surface area (Å²) >= 11 is 0. The lowest BCUT2D eigenvalue weighted by molar-refractivity contribution is -0.131. The highest BCUT2D eigenvalue weighted by atomic mass is 19.1. The molecule has 1 N–H and O–H groups in total. The molecular weight excluding hydrogens is 243 g/mol. The molecule has 1 aromatic rings. The van der Waals surface area contributed by atoms with Gasteiger partial charge < -0.3 is 4.90 Å². The third-order valence-corrected chi connectivity index (χ3v) is 3.68. The van der Waals surface area contributed by atoms with Gasteiger partial charge in [-0.2, -0.15) is 0 Å². The van der Waals surface area contributed by atoms with Gasteiger partial charge in [-0.25, -0.2) is 4.39 Å². The van der Waals surface area contributed by atoms with Gasteiger partial charge in [0.05, 0.1) is 6.04 Å². The van der Waals surface area contributed by atoms with E-state index >= 15 is 0 Å². The number of hydrogen-bond acceptors (Lipinski definition) is 2. The first-order valence-corrected chi connectivity index (χ1v) is 6.88. The number of nitrogens with zero attached hydrogens (tertiary/aromatic N) is 1. The van der Waals surface area contributed by atoms with Crippen LogP contribution in [0.15, 0.2) is 24.3 Å². The molecule has 2 rings (SSSR count). The first kappa shape index (κ1) is 14.0. The second-order valence-corrected chi connectivity index (χ2v) is 5.23. The van der Waals surface area contributed by atoms with Crippen molar-refractivity contribution < 1.29 is 9.18 Å². The van der Waals surface area contributed by atoms with Gasteiger partial charge in [0.15, 0.2) is 0 Å². The summed E-state index contributed by atoms with van der Waals surface area (Å²) in [5, 5.41) is 3.28. The van der Waals surface area contributed by atoms with Crippen LogP contribution in [0.3, 0.4) is 0 Å². The van der Waals surface area contributed by atoms with Crippen LogP contribution < -0.4 is 5.32 Å². The van der Waals surface area contributed by atoms with E-state index in [2.05, 4.69) is 19.2 Å². The van der Waals surface area contributed by atoms with E-state index in [1.807, 2.05) is 11.8 Å². The molecule has 3 nitrogen and oxygen atoms in total. The molecule has 19 heavy (non-hydrogen) atoms.